The molecule has 1 aromatic rings. The summed E-state index contributed by atoms with van der Waals surface area (Å²) in [6.45, 7) is 5.52. The van der Waals surface area contributed by atoms with Crippen molar-refractivity contribution in [3.8, 4) is 0 Å². The van der Waals surface area contributed by atoms with Crippen LogP contribution in [0.3, 0.4) is 0 Å². The van der Waals surface area contributed by atoms with E-state index in [2.05, 4.69) is 10.3 Å². The van der Waals surface area contributed by atoms with E-state index in [0.29, 0.717) is 12.2 Å². The standard InChI is InChI=1S/C17H24N2O4/c1-17(2,3)23-16(22)14(11-6-7-11)19-15-12(5-4-10-18-15)8-9-13(20)21/h4-5,10-11,14H,6-9H2,1-3H3,(H,18,19)(H,20,21). The molecule has 0 aromatic carbocycles. The molecule has 1 atom stereocenters. The van der Waals surface area contributed by atoms with Crippen LogP contribution in [-0.4, -0.2) is 33.7 Å². The molecular formula is C17H24N2O4. The van der Waals surface area contributed by atoms with Crippen molar-refractivity contribution < 1.29 is 19.4 Å². The summed E-state index contributed by atoms with van der Waals surface area (Å²) in [5.74, 6) is -0.323. The number of carboxylic acid groups (broad SMARTS) is 1. The first kappa shape index (κ1) is 17.2. The van der Waals surface area contributed by atoms with E-state index in [9.17, 15) is 9.59 Å². The number of hydrogen-bond acceptors (Lipinski definition) is 5. The summed E-state index contributed by atoms with van der Waals surface area (Å²) < 4.78 is 5.49. The molecular weight excluding hydrogens is 296 g/mol. The van der Waals surface area contributed by atoms with Crippen LogP contribution in [0.2, 0.25) is 0 Å². The highest BCUT2D eigenvalue weighted by Crippen LogP contribution is 2.35. The maximum Gasteiger partial charge on any atom is 0.329 e. The van der Waals surface area contributed by atoms with Crippen molar-refractivity contribution in [1.82, 2.24) is 4.98 Å². The number of ether oxygens (including phenoxy) is 1. The van der Waals surface area contributed by atoms with E-state index >= 15 is 0 Å². The maximum atomic E-state index is 12.4. The van der Waals surface area contributed by atoms with E-state index in [1.807, 2.05) is 26.8 Å². The summed E-state index contributed by atoms with van der Waals surface area (Å²) in [5, 5.41) is 12.0. The predicted octanol–water partition coefficient (Wildman–Crippen LogP) is 2.63. The third-order valence-electron chi connectivity index (χ3n) is 3.55. The molecule has 0 saturated heterocycles. The van der Waals surface area contributed by atoms with Gasteiger partial charge in [0.25, 0.3) is 0 Å². The highest BCUT2D eigenvalue weighted by atomic mass is 16.6. The number of hydrogen-bond donors (Lipinski definition) is 2. The smallest absolute Gasteiger partial charge is 0.329 e. The van der Waals surface area contributed by atoms with Gasteiger partial charge in [0, 0.05) is 12.6 Å². The van der Waals surface area contributed by atoms with Gasteiger partial charge in [-0.1, -0.05) is 6.07 Å². The Morgan fingerprint density at radius 2 is 2.13 bits per heavy atom. The zero-order valence-corrected chi connectivity index (χ0v) is 13.8. The molecule has 1 aromatic heterocycles. The Morgan fingerprint density at radius 3 is 2.70 bits per heavy atom. The number of carbonyl (C=O) groups excluding carboxylic acids is 1. The first-order valence-corrected chi connectivity index (χ1v) is 7.91. The molecule has 0 aliphatic heterocycles. The second kappa shape index (κ2) is 6.98. The SMILES string of the molecule is CC(C)(C)OC(=O)C(Nc1ncccc1CCC(=O)O)C1CC1. The van der Waals surface area contributed by atoms with Crippen molar-refractivity contribution in [3.05, 3.63) is 23.9 Å². The zero-order valence-electron chi connectivity index (χ0n) is 13.8. The highest BCUT2D eigenvalue weighted by Gasteiger charge is 2.39. The molecule has 1 aliphatic carbocycles. The number of carbonyl (C=O) groups is 2. The Kier molecular flexibility index (Phi) is 5.23. The molecule has 0 bridgehead atoms. The number of anilines is 1. The fourth-order valence-corrected chi connectivity index (χ4v) is 2.32. The molecule has 0 spiro atoms. The molecule has 126 valence electrons. The molecule has 0 amide bonds. The van der Waals surface area contributed by atoms with E-state index in [4.69, 9.17) is 9.84 Å². The molecule has 0 radical (unpaired) electrons. The van der Waals surface area contributed by atoms with E-state index in [-0.39, 0.29) is 18.3 Å². The van der Waals surface area contributed by atoms with Crippen LogP contribution in [0.4, 0.5) is 5.82 Å². The maximum absolute atomic E-state index is 12.4. The van der Waals surface area contributed by atoms with Crippen molar-refractivity contribution in [1.29, 1.82) is 0 Å². The number of carboxylic acids is 1. The number of aryl methyl sites for hydroxylation is 1. The summed E-state index contributed by atoms with van der Waals surface area (Å²) in [6.07, 6.45) is 3.99. The second-order valence-corrected chi connectivity index (χ2v) is 6.90. The molecule has 6 heteroatoms. The fourth-order valence-electron chi connectivity index (χ4n) is 2.32. The van der Waals surface area contributed by atoms with Crippen LogP contribution in [0, 0.1) is 5.92 Å². The average Bonchev–Trinajstić information content (AvgIpc) is 3.25. The lowest BCUT2D eigenvalue weighted by Crippen LogP contribution is -2.38. The molecule has 6 nitrogen and oxygen atoms in total. The third-order valence-corrected chi connectivity index (χ3v) is 3.55. The number of rotatable bonds is 7. The minimum absolute atomic E-state index is 0.0287. The van der Waals surface area contributed by atoms with Crippen LogP contribution >= 0.6 is 0 Å². The lowest BCUT2D eigenvalue weighted by Gasteiger charge is -2.25. The minimum atomic E-state index is -0.856. The lowest BCUT2D eigenvalue weighted by atomic mass is 10.1. The molecule has 1 saturated carbocycles. The normalized spacial score (nSPS) is 15.8. The van der Waals surface area contributed by atoms with Crippen LogP contribution in [0.25, 0.3) is 0 Å². The van der Waals surface area contributed by atoms with E-state index in [0.717, 1.165) is 18.4 Å². The third kappa shape index (κ3) is 5.54. The van der Waals surface area contributed by atoms with E-state index in [1.165, 1.54) is 0 Å². The van der Waals surface area contributed by atoms with Gasteiger partial charge in [0.15, 0.2) is 0 Å². The zero-order chi connectivity index (χ0) is 17.0. The van der Waals surface area contributed by atoms with Crippen LogP contribution in [0.5, 0.6) is 0 Å². The Balaban J connectivity index is 2.11. The molecule has 1 heterocycles. The predicted molar refractivity (Wildman–Crippen MR) is 86.2 cm³/mol. The van der Waals surface area contributed by atoms with Crippen molar-refractivity contribution in [2.24, 2.45) is 5.92 Å². The minimum Gasteiger partial charge on any atom is -0.481 e. The Morgan fingerprint density at radius 1 is 1.43 bits per heavy atom. The summed E-state index contributed by atoms with van der Waals surface area (Å²) in [5.41, 5.74) is 0.256. The molecule has 1 fully saturated rings. The quantitative estimate of drug-likeness (QED) is 0.751. The van der Waals surface area contributed by atoms with Gasteiger partial charge in [-0.25, -0.2) is 9.78 Å². The van der Waals surface area contributed by atoms with Crippen LogP contribution in [0.1, 0.15) is 45.6 Å². The monoisotopic (exact) mass is 320 g/mol. The van der Waals surface area contributed by atoms with Gasteiger partial charge in [0.05, 0.1) is 0 Å². The number of aromatic nitrogens is 1. The van der Waals surface area contributed by atoms with Crippen LogP contribution in [-0.2, 0) is 20.7 Å². The van der Waals surface area contributed by atoms with Crippen molar-refractivity contribution in [2.75, 3.05) is 5.32 Å². The van der Waals surface area contributed by atoms with Gasteiger partial charge >= 0.3 is 11.9 Å². The van der Waals surface area contributed by atoms with Gasteiger partial charge in [-0.2, -0.15) is 0 Å². The number of pyridine rings is 1. The first-order chi connectivity index (χ1) is 10.8. The number of nitrogens with one attached hydrogen (secondary N) is 1. The van der Waals surface area contributed by atoms with Crippen molar-refractivity contribution in [3.63, 3.8) is 0 Å². The molecule has 2 N–H and O–H groups in total. The Labute approximate surface area is 136 Å². The number of esters is 1. The van der Waals surface area contributed by atoms with Gasteiger partial charge < -0.3 is 15.2 Å². The summed E-state index contributed by atoms with van der Waals surface area (Å²) in [7, 11) is 0. The number of nitrogens with zero attached hydrogens (tertiary/aromatic N) is 1. The van der Waals surface area contributed by atoms with Crippen molar-refractivity contribution >= 4 is 17.8 Å². The van der Waals surface area contributed by atoms with Gasteiger partial charge in [-0.3, -0.25) is 4.79 Å². The Hall–Kier alpha value is -2.11. The van der Waals surface area contributed by atoms with Gasteiger partial charge in [0.2, 0.25) is 0 Å². The fraction of sp³-hybridized carbons (Fsp3) is 0.588. The summed E-state index contributed by atoms with van der Waals surface area (Å²) in [4.78, 5) is 27.5. The van der Waals surface area contributed by atoms with Crippen molar-refractivity contribution in [2.45, 2.75) is 58.1 Å². The topological polar surface area (TPSA) is 88.5 Å². The van der Waals surface area contributed by atoms with Gasteiger partial charge in [0.1, 0.15) is 17.5 Å². The van der Waals surface area contributed by atoms with E-state index < -0.39 is 17.6 Å². The summed E-state index contributed by atoms with van der Waals surface area (Å²) in [6, 6.07) is 3.16. The van der Waals surface area contributed by atoms with Crippen LogP contribution < -0.4 is 5.32 Å². The summed E-state index contributed by atoms with van der Waals surface area (Å²) >= 11 is 0. The molecule has 2 rings (SSSR count). The van der Waals surface area contributed by atoms with Gasteiger partial charge in [-0.15, -0.1) is 0 Å². The van der Waals surface area contributed by atoms with Crippen LogP contribution in [0.15, 0.2) is 18.3 Å². The molecule has 1 aliphatic rings. The molecule has 23 heavy (non-hydrogen) atoms. The largest absolute Gasteiger partial charge is 0.481 e. The number of aliphatic carboxylic acids is 1. The second-order valence-electron chi connectivity index (χ2n) is 6.90. The molecule has 1 unspecified atom stereocenters. The highest BCUT2D eigenvalue weighted by molar-refractivity contribution is 5.80. The first-order valence-electron chi connectivity index (χ1n) is 7.91. The lowest BCUT2D eigenvalue weighted by molar-refractivity contribution is -0.156. The van der Waals surface area contributed by atoms with Gasteiger partial charge in [-0.05, 0) is 57.6 Å². The average molecular weight is 320 g/mol. The Bertz CT molecular complexity index is 576. The van der Waals surface area contributed by atoms with E-state index in [1.54, 1.807) is 12.3 Å².